The summed E-state index contributed by atoms with van der Waals surface area (Å²) in [5.74, 6) is 0.168. The fourth-order valence-electron chi connectivity index (χ4n) is 2.56. The van der Waals surface area contributed by atoms with Crippen LogP contribution in [0.15, 0.2) is 12.1 Å². The van der Waals surface area contributed by atoms with Crippen LogP contribution in [-0.4, -0.2) is 23.2 Å². The summed E-state index contributed by atoms with van der Waals surface area (Å²) in [6.07, 6.45) is 4.72. The normalized spacial score (nSPS) is 13.6. The highest BCUT2D eigenvalue weighted by Crippen LogP contribution is 2.37. The molecular formula is C15H17N3O2S. The minimum Gasteiger partial charge on any atom is -0.480 e. The number of ether oxygens (including phenoxy) is 1. The fourth-order valence-corrected chi connectivity index (χ4v) is 3.85. The van der Waals surface area contributed by atoms with E-state index in [4.69, 9.17) is 4.74 Å². The Hall–Kier alpha value is -1.95. The highest BCUT2D eigenvalue weighted by atomic mass is 32.1. The molecule has 0 radical (unpaired) electrons. The lowest BCUT2D eigenvalue weighted by Gasteiger charge is -2.10. The maximum atomic E-state index is 12.2. The molecule has 6 heteroatoms. The molecule has 0 unspecified atom stereocenters. The maximum absolute atomic E-state index is 12.2. The molecule has 1 aliphatic carbocycles. The molecule has 2 aromatic rings. The first-order chi connectivity index (χ1) is 10.2. The van der Waals surface area contributed by atoms with Crippen molar-refractivity contribution in [2.75, 3.05) is 12.4 Å². The number of anilines is 1. The molecule has 1 aliphatic rings. The molecule has 0 atom stereocenters. The van der Waals surface area contributed by atoms with Crippen molar-refractivity contribution in [1.29, 1.82) is 0 Å². The van der Waals surface area contributed by atoms with Gasteiger partial charge in [-0.2, -0.15) is 0 Å². The van der Waals surface area contributed by atoms with Crippen LogP contribution in [0.1, 0.15) is 39.3 Å². The molecular weight excluding hydrogens is 286 g/mol. The van der Waals surface area contributed by atoms with Crippen LogP contribution in [0.4, 0.5) is 5.00 Å². The Morgan fingerprint density at radius 3 is 2.76 bits per heavy atom. The van der Waals surface area contributed by atoms with Gasteiger partial charge in [0.05, 0.1) is 12.1 Å². The van der Waals surface area contributed by atoms with E-state index in [9.17, 15) is 4.79 Å². The second-order valence-corrected chi connectivity index (χ2v) is 6.19. The Morgan fingerprint density at radius 2 is 2.10 bits per heavy atom. The number of nitrogens with zero attached hydrogens (tertiary/aromatic N) is 2. The minimum atomic E-state index is -0.230. The van der Waals surface area contributed by atoms with Crippen LogP contribution >= 0.6 is 11.3 Å². The lowest BCUT2D eigenvalue weighted by molar-refractivity contribution is 0.102. The average Bonchev–Trinajstić information content (AvgIpc) is 2.84. The van der Waals surface area contributed by atoms with Crippen LogP contribution in [0.2, 0.25) is 0 Å². The second kappa shape index (κ2) is 5.81. The number of carbonyl (C=O) groups excluding carboxylic acids is 1. The highest BCUT2D eigenvalue weighted by molar-refractivity contribution is 7.16. The van der Waals surface area contributed by atoms with E-state index >= 15 is 0 Å². The van der Waals surface area contributed by atoms with Crippen molar-refractivity contribution >= 4 is 22.2 Å². The van der Waals surface area contributed by atoms with Crippen LogP contribution in [0, 0.1) is 6.92 Å². The predicted molar refractivity (Wildman–Crippen MR) is 82.2 cm³/mol. The van der Waals surface area contributed by atoms with E-state index in [0.29, 0.717) is 11.6 Å². The number of fused-ring (bicyclic) bond motifs is 1. The monoisotopic (exact) mass is 303 g/mol. The number of hydrogen-bond donors (Lipinski definition) is 1. The first-order valence-corrected chi connectivity index (χ1v) is 7.81. The molecule has 0 spiro atoms. The van der Waals surface area contributed by atoms with Gasteiger partial charge in [0, 0.05) is 10.9 Å². The number of carbonyl (C=O) groups is 1. The van der Waals surface area contributed by atoms with Gasteiger partial charge in [-0.3, -0.25) is 4.79 Å². The number of aryl methyl sites for hydroxylation is 1. The van der Waals surface area contributed by atoms with Crippen molar-refractivity contribution in [1.82, 2.24) is 10.2 Å². The van der Waals surface area contributed by atoms with E-state index in [-0.39, 0.29) is 5.91 Å². The van der Waals surface area contributed by atoms with Gasteiger partial charge in [-0.05, 0) is 49.8 Å². The third-order valence-electron chi connectivity index (χ3n) is 3.74. The summed E-state index contributed by atoms with van der Waals surface area (Å²) >= 11 is 1.69. The molecule has 0 aromatic carbocycles. The number of hydrogen-bond acceptors (Lipinski definition) is 5. The van der Waals surface area contributed by atoms with Crippen molar-refractivity contribution in [2.45, 2.75) is 32.6 Å². The van der Waals surface area contributed by atoms with Crippen molar-refractivity contribution < 1.29 is 9.53 Å². The van der Waals surface area contributed by atoms with Gasteiger partial charge in [0.1, 0.15) is 0 Å². The number of rotatable bonds is 3. The van der Waals surface area contributed by atoms with E-state index in [1.54, 1.807) is 23.5 Å². The van der Waals surface area contributed by atoms with Gasteiger partial charge >= 0.3 is 0 Å². The summed E-state index contributed by atoms with van der Waals surface area (Å²) in [6.45, 7) is 2.08. The number of aromatic nitrogens is 2. The molecule has 1 amide bonds. The van der Waals surface area contributed by atoms with Gasteiger partial charge in [-0.25, -0.2) is 0 Å². The maximum Gasteiger partial charge on any atom is 0.276 e. The summed E-state index contributed by atoms with van der Waals surface area (Å²) in [6, 6.07) is 3.25. The summed E-state index contributed by atoms with van der Waals surface area (Å²) in [7, 11) is 1.52. The molecule has 3 rings (SSSR count). The van der Waals surface area contributed by atoms with Gasteiger partial charge in [-0.15, -0.1) is 21.5 Å². The fraction of sp³-hybridized carbons (Fsp3) is 0.400. The summed E-state index contributed by atoms with van der Waals surface area (Å²) < 4.78 is 4.94. The quantitative estimate of drug-likeness (QED) is 0.946. The molecule has 21 heavy (non-hydrogen) atoms. The van der Waals surface area contributed by atoms with Crippen LogP contribution in [0.25, 0.3) is 0 Å². The Bertz CT molecular complexity index is 664. The Labute approximate surface area is 127 Å². The van der Waals surface area contributed by atoms with Crippen molar-refractivity contribution in [2.24, 2.45) is 0 Å². The predicted octanol–water partition coefficient (Wildman–Crippen LogP) is 2.99. The molecule has 2 aromatic heterocycles. The number of nitrogens with one attached hydrogen (secondary N) is 1. The van der Waals surface area contributed by atoms with Crippen LogP contribution < -0.4 is 10.1 Å². The van der Waals surface area contributed by atoms with E-state index < -0.39 is 0 Å². The Morgan fingerprint density at radius 1 is 1.29 bits per heavy atom. The molecule has 0 saturated carbocycles. The molecule has 0 saturated heterocycles. The summed E-state index contributed by atoms with van der Waals surface area (Å²) in [4.78, 5) is 13.6. The number of methoxy groups -OCH3 is 1. The van der Waals surface area contributed by atoms with Gasteiger partial charge in [0.25, 0.3) is 5.91 Å². The van der Waals surface area contributed by atoms with Crippen LogP contribution in [0.5, 0.6) is 5.88 Å². The van der Waals surface area contributed by atoms with Gasteiger partial charge in [0.15, 0.2) is 5.69 Å². The molecule has 5 nitrogen and oxygen atoms in total. The van der Waals surface area contributed by atoms with E-state index in [2.05, 4.69) is 22.4 Å². The smallest absolute Gasteiger partial charge is 0.276 e. The van der Waals surface area contributed by atoms with Crippen LogP contribution in [-0.2, 0) is 12.8 Å². The highest BCUT2D eigenvalue weighted by Gasteiger charge is 2.20. The third kappa shape index (κ3) is 2.76. The van der Waals surface area contributed by atoms with E-state index in [0.717, 1.165) is 17.8 Å². The Kier molecular flexibility index (Phi) is 3.88. The zero-order valence-electron chi connectivity index (χ0n) is 12.1. The first-order valence-electron chi connectivity index (χ1n) is 6.99. The van der Waals surface area contributed by atoms with Gasteiger partial charge in [-0.1, -0.05) is 0 Å². The lowest BCUT2D eigenvalue weighted by Crippen LogP contribution is -2.14. The molecule has 2 heterocycles. The van der Waals surface area contributed by atoms with E-state index in [1.165, 1.54) is 36.0 Å². The average molecular weight is 303 g/mol. The van der Waals surface area contributed by atoms with Gasteiger partial charge in [0.2, 0.25) is 5.88 Å². The SMILES string of the molecule is COc1ccc(C(=O)Nc2sc3c(c2C)CCCC3)nn1. The topological polar surface area (TPSA) is 64.1 Å². The zero-order chi connectivity index (χ0) is 14.8. The second-order valence-electron chi connectivity index (χ2n) is 5.08. The summed E-state index contributed by atoms with van der Waals surface area (Å²) in [5.41, 5.74) is 2.91. The molecule has 1 N–H and O–H groups in total. The van der Waals surface area contributed by atoms with Gasteiger partial charge < -0.3 is 10.1 Å². The Balaban J connectivity index is 1.79. The molecule has 0 fully saturated rings. The number of thiophene rings is 1. The lowest BCUT2D eigenvalue weighted by atomic mass is 9.96. The molecule has 110 valence electrons. The molecule has 0 bridgehead atoms. The number of amides is 1. The van der Waals surface area contributed by atoms with Crippen LogP contribution in [0.3, 0.4) is 0 Å². The standard InChI is InChI=1S/C15H17N3O2S/c1-9-10-5-3-4-6-12(10)21-15(9)16-14(19)11-7-8-13(20-2)18-17-11/h7-8H,3-6H2,1-2H3,(H,16,19). The minimum absolute atomic E-state index is 0.230. The van der Waals surface area contributed by atoms with Crippen molar-refractivity contribution in [3.63, 3.8) is 0 Å². The third-order valence-corrected chi connectivity index (χ3v) is 5.05. The zero-order valence-corrected chi connectivity index (χ0v) is 12.9. The summed E-state index contributed by atoms with van der Waals surface area (Å²) in [5, 5.41) is 11.6. The van der Waals surface area contributed by atoms with Crippen molar-refractivity contribution in [3.05, 3.63) is 33.8 Å². The van der Waals surface area contributed by atoms with Crippen molar-refractivity contribution in [3.8, 4) is 5.88 Å². The molecule has 0 aliphatic heterocycles. The van der Waals surface area contributed by atoms with E-state index in [1.807, 2.05) is 0 Å². The largest absolute Gasteiger partial charge is 0.480 e. The first kappa shape index (κ1) is 14.0.